The molecule has 1 aliphatic carbocycles. The monoisotopic (exact) mass is 366 g/mol. The van der Waals surface area contributed by atoms with E-state index in [2.05, 4.69) is 22.9 Å². The second kappa shape index (κ2) is 8.17. The highest BCUT2D eigenvalue weighted by atomic mass is 79.9. The minimum absolute atomic E-state index is 0.227. The fourth-order valence-corrected chi connectivity index (χ4v) is 5.15. The Morgan fingerprint density at radius 3 is 2.30 bits per heavy atom. The van der Waals surface area contributed by atoms with Crippen LogP contribution in [0.2, 0.25) is 0 Å². The van der Waals surface area contributed by atoms with Crippen molar-refractivity contribution in [1.29, 1.82) is 0 Å². The fraction of sp³-hybridized carbons (Fsp3) is 1.00. The van der Waals surface area contributed by atoms with Gasteiger partial charge in [-0.05, 0) is 57.3 Å². The zero-order valence-corrected chi connectivity index (χ0v) is 15.7. The van der Waals surface area contributed by atoms with Crippen LogP contribution in [0.1, 0.15) is 72.1 Å². The first kappa shape index (κ1) is 18.5. The van der Waals surface area contributed by atoms with Gasteiger partial charge in [0.2, 0.25) is 0 Å². The summed E-state index contributed by atoms with van der Waals surface area (Å²) < 4.78 is 24.0. The quantitative estimate of drug-likeness (QED) is 0.568. The minimum atomic E-state index is -2.89. The number of rotatable bonds is 8. The molecule has 0 N–H and O–H groups in total. The number of unbranched alkanes of at least 4 members (excludes halogenated alkanes) is 1. The molecule has 0 amide bonds. The molecule has 0 aromatic rings. The molecule has 0 heterocycles. The van der Waals surface area contributed by atoms with Crippen molar-refractivity contribution in [3.05, 3.63) is 0 Å². The van der Waals surface area contributed by atoms with Gasteiger partial charge >= 0.3 is 0 Å². The first-order valence-electron chi connectivity index (χ1n) is 8.13. The molecule has 0 radical (unpaired) electrons. The van der Waals surface area contributed by atoms with Gasteiger partial charge in [0.25, 0.3) is 0 Å². The maximum atomic E-state index is 12.0. The predicted molar refractivity (Wildman–Crippen MR) is 91.2 cm³/mol. The van der Waals surface area contributed by atoms with Gasteiger partial charge in [-0.2, -0.15) is 0 Å². The van der Waals surface area contributed by atoms with E-state index in [1.807, 2.05) is 0 Å². The van der Waals surface area contributed by atoms with Crippen molar-refractivity contribution in [2.75, 3.05) is 11.1 Å². The molecule has 0 bridgehead atoms. The Labute approximate surface area is 134 Å². The van der Waals surface area contributed by atoms with Crippen molar-refractivity contribution in [1.82, 2.24) is 0 Å². The first-order valence-corrected chi connectivity index (χ1v) is 11.0. The largest absolute Gasteiger partial charge is 0.229 e. The van der Waals surface area contributed by atoms with Crippen LogP contribution in [0.5, 0.6) is 0 Å². The second-order valence-corrected chi connectivity index (χ2v) is 10.1. The summed E-state index contributed by atoms with van der Waals surface area (Å²) in [7, 11) is -2.89. The van der Waals surface area contributed by atoms with Gasteiger partial charge in [-0.1, -0.05) is 42.1 Å². The van der Waals surface area contributed by atoms with E-state index in [0.717, 1.165) is 17.7 Å². The Morgan fingerprint density at radius 2 is 1.85 bits per heavy atom. The van der Waals surface area contributed by atoms with Gasteiger partial charge in [-0.25, -0.2) is 8.42 Å². The molecule has 0 aromatic carbocycles. The average molecular weight is 367 g/mol. The van der Waals surface area contributed by atoms with Crippen LogP contribution < -0.4 is 0 Å². The summed E-state index contributed by atoms with van der Waals surface area (Å²) in [4.78, 5) is 0. The number of halogens is 1. The molecule has 1 rings (SSSR count). The lowest BCUT2D eigenvalue weighted by Crippen LogP contribution is -2.32. The molecule has 120 valence electrons. The van der Waals surface area contributed by atoms with E-state index < -0.39 is 9.84 Å². The Kier molecular flexibility index (Phi) is 7.54. The highest BCUT2D eigenvalue weighted by Gasteiger charge is 2.35. The molecular formula is C16H31BrO2S. The van der Waals surface area contributed by atoms with E-state index in [4.69, 9.17) is 0 Å². The van der Waals surface area contributed by atoms with Gasteiger partial charge in [-0.3, -0.25) is 0 Å². The third-order valence-corrected chi connectivity index (χ3v) is 8.45. The van der Waals surface area contributed by atoms with E-state index in [1.54, 1.807) is 13.8 Å². The van der Waals surface area contributed by atoms with E-state index in [-0.39, 0.29) is 10.7 Å². The van der Waals surface area contributed by atoms with Gasteiger partial charge in [-0.15, -0.1) is 0 Å². The molecule has 1 aliphatic rings. The van der Waals surface area contributed by atoms with Crippen LogP contribution in [0.25, 0.3) is 0 Å². The van der Waals surface area contributed by atoms with Crippen LogP contribution in [-0.4, -0.2) is 24.8 Å². The highest BCUT2D eigenvalue weighted by Crippen LogP contribution is 2.44. The second-order valence-electron chi connectivity index (χ2n) is 6.88. The van der Waals surface area contributed by atoms with Crippen molar-refractivity contribution >= 4 is 25.8 Å². The summed E-state index contributed by atoms with van der Waals surface area (Å²) >= 11 is 3.65. The van der Waals surface area contributed by atoms with E-state index in [1.165, 1.54) is 44.9 Å². The van der Waals surface area contributed by atoms with Crippen molar-refractivity contribution in [3.63, 3.8) is 0 Å². The normalized spacial score (nSPS) is 27.9. The van der Waals surface area contributed by atoms with E-state index in [0.29, 0.717) is 5.75 Å². The van der Waals surface area contributed by atoms with Gasteiger partial charge in [0, 0.05) is 5.33 Å². The topological polar surface area (TPSA) is 34.1 Å². The molecule has 1 fully saturated rings. The lowest BCUT2D eigenvalue weighted by molar-refractivity contribution is 0.164. The lowest BCUT2D eigenvalue weighted by Gasteiger charge is -2.39. The molecule has 0 spiro atoms. The average Bonchev–Trinajstić information content (AvgIpc) is 2.44. The van der Waals surface area contributed by atoms with Crippen LogP contribution in [0.3, 0.4) is 0 Å². The SMILES string of the molecule is CCCCC1CCC(CBr)(CCS(=O)(=O)C(C)C)CC1. The molecule has 0 unspecified atom stereocenters. The maximum absolute atomic E-state index is 12.0. The van der Waals surface area contributed by atoms with Crippen LogP contribution >= 0.6 is 15.9 Å². The minimum Gasteiger partial charge on any atom is -0.229 e. The summed E-state index contributed by atoms with van der Waals surface area (Å²) in [5.41, 5.74) is 0.227. The maximum Gasteiger partial charge on any atom is 0.152 e. The molecule has 0 aromatic heterocycles. The fourth-order valence-electron chi connectivity index (χ4n) is 3.12. The number of sulfone groups is 1. The summed E-state index contributed by atoms with van der Waals surface area (Å²) in [6, 6.07) is 0. The summed E-state index contributed by atoms with van der Waals surface area (Å²) in [6.07, 6.45) is 9.78. The zero-order chi connectivity index (χ0) is 15.2. The van der Waals surface area contributed by atoms with E-state index >= 15 is 0 Å². The lowest BCUT2D eigenvalue weighted by atomic mass is 9.69. The summed E-state index contributed by atoms with van der Waals surface area (Å²) in [5, 5.41) is 0.712. The molecule has 0 aliphatic heterocycles. The van der Waals surface area contributed by atoms with E-state index in [9.17, 15) is 8.42 Å². The Hall–Kier alpha value is 0.430. The van der Waals surface area contributed by atoms with Crippen molar-refractivity contribution in [2.45, 2.75) is 77.4 Å². The van der Waals surface area contributed by atoms with Crippen LogP contribution in [0, 0.1) is 11.3 Å². The summed E-state index contributed by atoms with van der Waals surface area (Å²) in [6.45, 7) is 5.83. The van der Waals surface area contributed by atoms with Crippen LogP contribution in [-0.2, 0) is 9.84 Å². The molecule has 20 heavy (non-hydrogen) atoms. The van der Waals surface area contributed by atoms with Gasteiger partial charge in [0.05, 0.1) is 11.0 Å². The Balaban J connectivity index is 2.50. The smallest absolute Gasteiger partial charge is 0.152 e. The van der Waals surface area contributed by atoms with Gasteiger partial charge in [0.15, 0.2) is 9.84 Å². The molecule has 1 saturated carbocycles. The Morgan fingerprint density at radius 1 is 1.25 bits per heavy atom. The molecular weight excluding hydrogens is 336 g/mol. The Bertz CT molecular complexity index is 368. The number of hydrogen-bond acceptors (Lipinski definition) is 2. The van der Waals surface area contributed by atoms with Crippen molar-refractivity contribution < 1.29 is 8.42 Å². The first-order chi connectivity index (χ1) is 9.35. The standard InChI is InChI=1S/C16H31BrO2S/c1-4-5-6-15-7-9-16(13-17,10-8-15)11-12-20(18,19)14(2)3/h14-15H,4-13H2,1-3H3. The van der Waals surface area contributed by atoms with Crippen molar-refractivity contribution in [3.8, 4) is 0 Å². The predicted octanol–water partition coefficient (Wildman–Crippen LogP) is 4.96. The molecule has 0 atom stereocenters. The number of alkyl halides is 1. The molecule has 2 nitrogen and oxygen atoms in total. The number of hydrogen-bond donors (Lipinski definition) is 0. The van der Waals surface area contributed by atoms with Crippen LogP contribution in [0.15, 0.2) is 0 Å². The van der Waals surface area contributed by atoms with Gasteiger partial charge < -0.3 is 0 Å². The van der Waals surface area contributed by atoms with Crippen LogP contribution in [0.4, 0.5) is 0 Å². The van der Waals surface area contributed by atoms with Crippen molar-refractivity contribution in [2.24, 2.45) is 11.3 Å². The highest BCUT2D eigenvalue weighted by molar-refractivity contribution is 9.09. The zero-order valence-electron chi connectivity index (χ0n) is 13.3. The third-order valence-electron chi connectivity index (χ3n) is 5.05. The molecule has 0 saturated heterocycles. The molecule has 4 heteroatoms. The third kappa shape index (κ3) is 5.32. The summed E-state index contributed by atoms with van der Waals surface area (Å²) in [5.74, 6) is 1.24. The van der Waals surface area contributed by atoms with Gasteiger partial charge in [0.1, 0.15) is 0 Å².